The second-order valence-electron chi connectivity index (χ2n) is 3.31. The van der Waals surface area contributed by atoms with E-state index in [1.807, 2.05) is 0 Å². The van der Waals surface area contributed by atoms with Crippen molar-refractivity contribution in [2.75, 3.05) is 11.9 Å². The zero-order valence-electron chi connectivity index (χ0n) is 9.05. The van der Waals surface area contributed by atoms with Crippen LogP contribution in [0.3, 0.4) is 0 Å². The average molecular weight is 243 g/mol. The largest absolute Gasteiger partial charge is 0.573 e. The highest BCUT2D eigenvalue weighted by atomic mass is 19.4. The van der Waals surface area contributed by atoms with E-state index < -0.39 is 6.36 Å². The number of nitrogens with one attached hydrogen (secondary N) is 1. The first-order chi connectivity index (χ1) is 8.01. The molecular weight excluding hydrogens is 231 g/mol. The molecule has 0 unspecified atom stereocenters. The van der Waals surface area contributed by atoms with Crippen LogP contribution < -0.4 is 10.1 Å². The first kappa shape index (κ1) is 13.2. The first-order valence-electron chi connectivity index (χ1n) is 5.04. The van der Waals surface area contributed by atoms with Crippen molar-refractivity contribution in [2.24, 2.45) is 0 Å². The van der Waals surface area contributed by atoms with E-state index in [1.165, 1.54) is 24.3 Å². The number of terminal acetylenes is 1. The molecule has 0 amide bonds. The van der Waals surface area contributed by atoms with Gasteiger partial charge in [-0.15, -0.1) is 25.5 Å². The van der Waals surface area contributed by atoms with Gasteiger partial charge in [-0.05, 0) is 30.7 Å². The van der Waals surface area contributed by atoms with Crippen molar-refractivity contribution in [1.29, 1.82) is 0 Å². The molecule has 0 radical (unpaired) electrons. The lowest BCUT2D eigenvalue weighted by atomic mass is 10.2. The Bertz CT molecular complexity index is 378. The highest BCUT2D eigenvalue weighted by Gasteiger charge is 2.30. The molecule has 1 rings (SSSR count). The molecule has 0 fully saturated rings. The Kier molecular flexibility index (Phi) is 4.70. The minimum atomic E-state index is -4.65. The molecule has 0 saturated heterocycles. The van der Waals surface area contributed by atoms with Crippen LogP contribution in [0.5, 0.6) is 5.75 Å². The van der Waals surface area contributed by atoms with E-state index in [9.17, 15) is 13.2 Å². The van der Waals surface area contributed by atoms with Crippen molar-refractivity contribution in [3.05, 3.63) is 24.3 Å². The van der Waals surface area contributed by atoms with Crippen LogP contribution in [-0.2, 0) is 0 Å². The molecule has 1 aromatic rings. The predicted octanol–water partition coefficient (Wildman–Crippen LogP) is 3.41. The van der Waals surface area contributed by atoms with Gasteiger partial charge in [0.15, 0.2) is 0 Å². The third kappa shape index (κ3) is 5.71. The van der Waals surface area contributed by atoms with Gasteiger partial charge in [-0.1, -0.05) is 0 Å². The van der Waals surface area contributed by atoms with Gasteiger partial charge in [0.1, 0.15) is 5.75 Å². The molecule has 0 saturated carbocycles. The predicted molar refractivity (Wildman–Crippen MR) is 59.7 cm³/mol. The maximum Gasteiger partial charge on any atom is 0.573 e. The summed E-state index contributed by atoms with van der Waals surface area (Å²) in [6.45, 7) is 0.684. The van der Waals surface area contributed by atoms with E-state index in [2.05, 4.69) is 16.0 Å². The molecule has 5 heteroatoms. The number of anilines is 1. The fourth-order valence-electron chi connectivity index (χ4n) is 1.20. The third-order valence-electron chi connectivity index (χ3n) is 1.91. The van der Waals surface area contributed by atoms with Crippen LogP contribution in [0.2, 0.25) is 0 Å². The summed E-state index contributed by atoms with van der Waals surface area (Å²) < 4.78 is 39.4. The molecule has 1 aromatic carbocycles. The van der Waals surface area contributed by atoms with Gasteiger partial charge in [0, 0.05) is 18.7 Å². The molecular formula is C12H12F3NO. The van der Waals surface area contributed by atoms with Gasteiger partial charge in [-0.2, -0.15) is 0 Å². The summed E-state index contributed by atoms with van der Waals surface area (Å²) in [7, 11) is 0. The summed E-state index contributed by atoms with van der Waals surface area (Å²) in [4.78, 5) is 0. The van der Waals surface area contributed by atoms with Crippen molar-refractivity contribution in [3.8, 4) is 18.1 Å². The number of rotatable bonds is 5. The van der Waals surface area contributed by atoms with Crippen LogP contribution >= 0.6 is 0 Å². The lowest BCUT2D eigenvalue weighted by Crippen LogP contribution is -2.17. The van der Waals surface area contributed by atoms with Crippen molar-refractivity contribution in [1.82, 2.24) is 0 Å². The Morgan fingerprint density at radius 1 is 1.24 bits per heavy atom. The van der Waals surface area contributed by atoms with E-state index in [-0.39, 0.29) is 5.75 Å². The summed E-state index contributed by atoms with van der Waals surface area (Å²) in [6, 6.07) is 5.57. The summed E-state index contributed by atoms with van der Waals surface area (Å²) in [5.41, 5.74) is 0.733. The van der Waals surface area contributed by atoms with Crippen molar-refractivity contribution >= 4 is 5.69 Å². The first-order valence-corrected chi connectivity index (χ1v) is 5.04. The third-order valence-corrected chi connectivity index (χ3v) is 1.91. The van der Waals surface area contributed by atoms with E-state index in [0.717, 1.165) is 12.1 Å². The average Bonchev–Trinajstić information content (AvgIpc) is 2.25. The van der Waals surface area contributed by atoms with E-state index >= 15 is 0 Å². The highest BCUT2D eigenvalue weighted by molar-refractivity contribution is 5.46. The molecule has 0 aliphatic carbocycles. The highest BCUT2D eigenvalue weighted by Crippen LogP contribution is 2.23. The van der Waals surface area contributed by atoms with Gasteiger partial charge in [0.2, 0.25) is 0 Å². The van der Waals surface area contributed by atoms with E-state index in [0.29, 0.717) is 13.0 Å². The van der Waals surface area contributed by atoms with Gasteiger partial charge in [-0.3, -0.25) is 0 Å². The number of halogens is 3. The zero-order valence-corrected chi connectivity index (χ0v) is 9.05. The Labute approximate surface area is 97.8 Å². The minimum absolute atomic E-state index is 0.230. The Balaban J connectivity index is 2.43. The molecule has 0 aromatic heterocycles. The van der Waals surface area contributed by atoms with Crippen molar-refractivity contribution < 1.29 is 17.9 Å². The van der Waals surface area contributed by atoms with Crippen molar-refractivity contribution in [3.63, 3.8) is 0 Å². The van der Waals surface area contributed by atoms with Crippen LogP contribution in [0.4, 0.5) is 18.9 Å². The fourth-order valence-corrected chi connectivity index (χ4v) is 1.20. The van der Waals surface area contributed by atoms with Crippen LogP contribution in [-0.4, -0.2) is 12.9 Å². The Morgan fingerprint density at radius 3 is 2.41 bits per heavy atom. The number of hydrogen-bond donors (Lipinski definition) is 1. The van der Waals surface area contributed by atoms with Gasteiger partial charge in [0.05, 0.1) is 0 Å². The fraction of sp³-hybridized carbons (Fsp3) is 0.333. The minimum Gasteiger partial charge on any atom is -0.406 e. The van der Waals surface area contributed by atoms with Gasteiger partial charge < -0.3 is 10.1 Å². The number of benzene rings is 1. The summed E-state index contributed by atoms with van der Waals surface area (Å²) in [5.74, 6) is 2.27. The summed E-state index contributed by atoms with van der Waals surface area (Å²) >= 11 is 0. The van der Waals surface area contributed by atoms with E-state index in [4.69, 9.17) is 6.42 Å². The number of alkyl halides is 3. The normalized spacial score (nSPS) is 10.7. The maximum absolute atomic E-state index is 11.9. The number of unbranched alkanes of at least 4 members (excludes halogenated alkanes) is 1. The topological polar surface area (TPSA) is 21.3 Å². The van der Waals surface area contributed by atoms with Gasteiger partial charge >= 0.3 is 6.36 Å². The number of hydrogen-bond acceptors (Lipinski definition) is 2. The standard InChI is InChI=1S/C12H12F3NO/c1-2-3-4-9-16-10-5-7-11(8-6-10)17-12(13,14)15/h1,5-8,16H,3-4,9H2. The SMILES string of the molecule is C#CCCCNc1ccc(OC(F)(F)F)cc1. The van der Waals surface area contributed by atoms with E-state index in [1.54, 1.807) is 0 Å². The maximum atomic E-state index is 11.9. The molecule has 0 aliphatic rings. The molecule has 0 heterocycles. The molecule has 1 N–H and O–H groups in total. The molecule has 17 heavy (non-hydrogen) atoms. The second-order valence-corrected chi connectivity index (χ2v) is 3.31. The Hall–Kier alpha value is -1.83. The monoisotopic (exact) mass is 243 g/mol. The quantitative estimate of drug-likeness (QED) is 0.632. The summed E-state index contributed by atoms with van der Waals surface area (Å²) in [5, 5.41) is 3.04. The molecule has 0 spiro atoms. The lowest BCUT2D eigenvalue weighted by Gasteiger charge is -2.10. The van der Waals surface area contributed by atoms with Crippen LogP contribution in [0, 0.1) is 12.3 Å². The lowest BCUT2D eigenvalue weighted by molar-refractivity contribution is -0.274. The smallest absolute Gasteiger partial charge is 0.406 e. The zero-order chi connectivity index (χ0) is 12.7. The molecule has 0 bridgehead atoms. The molecule has 2 nitrogen and oxygen atoms in total. The summed E-state index contributed by atoms with van der Waals surface area (Å²) in [6.07, 6.45) is 1.92. The van der Waals surface area contributed by atoms with Crippen LogP contribution in [0.15, 0.2) is 24.3 Å². The van der Waals surface area contributed by atoms with Crippen LogP contribution in [0.25, 0.3) is 0 Å². The molecule has 0 aliphatic heterocycles. The Morgan fingerprint density at radius 2 is 1.88 bits per heavy atom. The van der Waals surface area contributed by atoms with Gasteiger partial charge in [0.25, 0.3) is 0 Å². The molecule has 92 valence electrons. The number of ether oxygens (including phenoxy) is 1. The van der Waals surface area contributed by atoms with Crippen molar-refractivity contribution in [2.45, 2.75) is 19.2 Å². The van der Waals surface area contributed by atoms with Gasteiger partial charge in [-0.25, -0.2) is 0 Å². The van der Waals surface area contributed by atoms with Crippen LogP contribution in [0.1, 0.15) is 12.8 Å². The second kappa shape index (κ2) is 6.04. The molecule has 0 atom stereocenters.